The number of halogens is 4. The number of alkyl halides is 3. The fourth-order valence-corrected chi connectivity index (χ4v) is 4.33. The predicted octanol–water partition coefficient (Wildman–Crippen LogP) is 2.67. The molecule has 1 aromatic heterocycles. The van der Waals surface area contributed by atoms with Gasteiger partial charge in [-0.15, -0.1) is 13.2 Å². The third-order valence-corrected chi connectivity index (χ3v) is 5.92. The van der Waals surface area contributed by atoms with Gasteiger partial charge < -0.3 is 14.6 Å². The second kappa shape index (κ2) is 8.19. The van der Waals surface area contributed by atoms with E-state index in [1.165, 1.54) is 6.07 Å². The molecule has 1 atom stereocenters. The number of carbonyl (C=O) groups is 1. The summed E-state index contributed by atoms with van der Waals surface area (Å²) in [5.74, 6) is -3.92. The SMILES string of the molecule is O=C1C[C@@H](CO)COc2ncc(CS(=O)(=O)c3cc(F)ccc3OC(F)(F)F)cc21. The lowest BCUT2D eigenvalue weighted by molar-refractivity contribution is -0.275. The number of sulfone groups is 1. The highest BCUT2D eigenvalue weighted by Gasteiger charge is 2.34. The lowest BCUT2D eigenvalue weighted by Crippen LogP contribution is -2.19. The Bertz CT molecular complexity index is 1070. The fourth-order valence-electron chi connectivity index (χ4n) is 2.87. The van der Waals surface area contributed by atoms with Crippen LogP contribution < -0.4 is 9.47 Å². The summed E-state index contributed by atoms with van der Waals surface area (Å²) < 4.78 is 85.7. The van der Waals surface area contributed by atoms with E-state index in [0.29, 0.717) is 18.2 Å². The van der Waals surface area contributed by atoms with Crippen LogP contribution in [0.5, 0.6) is 11.6 Å². The summed E-state index contributed by atoms with van der Waals surface area (Å²) in [7, 11) is -4.50. The number of aliphatic hydroxyl groups excluding tert-OH is 1. The summed E-state index contributed by atoms with van der Waals surface area (Å²) >= 11 is 0. The summed E-state index contributed by atoms with van der Waals surface area (Å²) in [5.41, 5.74) is -0.0278. The number of ketones is 1. The molecule has 12 heteroatoms. The average molecular weight is 449 g/mol. The Morgan fingerprint density at radius 1 is 1.27 bits per heavy atom. The van der Waals surface area contributed by atoms with E-state index in [1.54, 1.807) is 0 Å². The smallest absolute Gasteiger partial charge is 0.477 e. The van der Waals surface area contributed by atoms with E-state index in [9.17, 15) is 35.9 Å². The molecule has 30 heavy (non-hydrogen) atoms. The van der Waals surface area contributed by atoms with Crippen molar-refractivity contribution in [3.63, 3.8) is 0 Å². The van der Waals surface area contributed by atoms with Gasteiger partial charge in [-0.25, -0.2) is 17.8 Å². The highest BCUT2D eigenvalue weighted by Crippen LogP contribution is 2.33. The molecule has 7 nitrogen and oxygen atoms in total. The molecule has 0 fully saturated rings. The second-order valence-electron chi connectivity index (χ2n) is 6.58. The van der Waals surface area contributed by atoms with Gasteiger partial charge in [0.1, 0.15) is 16.5 Å². The Labute approximate surface area is 168 Å². The highest BCUT2D eigenvalue weighted by atomic mass is 32.2. The first-order chi connectivity index (χ1) is 14.0. The maximum absolute atomic E-state index is 13.5. The number of nitrogens with zero attached hydrogens (tertiary/aromatic N) is 1. The number of aromatic nitrogens is 1. The van der Waals surface area contributed by atoms with E-state index >= 15 is 0 Å². The van der Waals surface area contributed by atoms with Crippen molar-refractivity contribution >= 4 is 15.6 Å². The molecule has 1 N–H and O–H groups in total. The van der Waals surface area contributed by atoms with Crippen molar-refractivity contribution in [2.45, 2.75) is 23.4 Å². The molecule has 0 saturated carbocycles. The number of rotatable bonds is 5. The first-order valence-corrected chi connectivity index (χ1v) is 10.2. The largest absolute Gasteiger partial charge is 0.573 e. The molecule has 1 aromatic carbocycles. The standard InChI is InChI=1S/C18H15F4NO6S/c19-12-1-2-15(29-18(20,21)22)16(5-12)30(26,27)9-10-3-13-14(25)4-11(7-24)8-28-17(13)23-6-10/h1-3,5-6,11,24H,4,7-9H2/t11-/m0/s1. The van der Waals surface area contributed by atoms with Gasteiger partial charge in [-0.3, -0.25) is 4.79 Å². The molecular formula is C18H15F4NO6S. The molecular weight excluding hydrogens is 434 g/mol. The van der Waals surface area contributed by atoms with Crippen LogP contribution in [0.4, 0.5) is 17.6 Å². The molecule has 0 spiro atoms. The van der Waals surface area contributed by atoms with Crippen molar-refractivity contribution in [1.29, 1.82) is 0 Å². The minimum atomic E-state index is -5.18. The van der Waals surface area contributed by atoms with Crippen LogP contribution in [0, 0.1) is 11.7 Å². The van der Waals surface area contributed by atoms with Crippen molar-refractivity contribution in [3.8, 4) is 11.6 Å². The maximum atomic E-state index is 13.5. The van der Waals surface area contributed by atoms with E-state index in [2.05, 4.69) is 9.72 Å². The third kappa shape index (κ3) is 5.05. The summed E-state index contributed by atoms with van der Waals surface area (Å²) in [6, 6.07) is 2.83. The topological polar surface area (TPSA) is 103 Å². The van der Waals surface area contributed by atoms with Crippen LogP contribution in [0.1, 0.15) is 22.3 Å². The molecule has 3 rings (SSSR count). The highest BCUT2D eigenvalue weighted by molar-refractivity contribution is 7.90. The van der Waals surface area contributed by atoms with Gasteiger partial charge in [0.15, 0.2) is 15.6 Å². The first-order valence-electron chi connectivity index (χ1n) is 8.52. The van der Waals surface area contributed by atoms with Crippen LogP contribution >= 0.6 is 0 Å². The van der Waals surface area contributed by atoms with Crippen molar-refractivity contribution in [2.75, 3.05) is 13.2 Å². The van der Waals surface area contributed by atoms with Crippen molar-refractivity contribution < 1.29 is 45.4 Å². The number of fused-ring (bicyclic) bond motifs is 1. The molecule has 162 valence electrons. The number of pyridine rings is 1. The van der Waals surface area contributed by atoms with E-state index in [-0.39, 0.29) is 36.6 Å². The molecule has 0 bridgehead atoms. The number of carbonyl (C=O) groups excluding carboxylic acids is 1. The van der Waals surface area contributed by atoms with Crippen molar-refractivity contribution in [2.24, 2.45) is 5.92 Å². The zero-order valence-electron chi connectivity index (χ0n) is 15.1. The van der Waals surface area contributed by atoms with Crippen LogP contribution in [0.15, 0.2) is 35.4 Å². The Hall–Kier alpha value is -2.73. The van der Waals surface area contributed by atoms with Gasteiger partial charge in [-0.1, -0.05) is 0 Å². The van der Waals surface area contributed by atoms with Gasteiger partial charge in [0, 0.05) is 25.1 Å². The van der Waals surface area contributed by atoms with Crippen LogP contribution in [0.25, 0.3) is 0 Å². The summed E-state index contributed by atoms with van der Waals surface area (Å²) in [4.78, 5) is 15.3. The van der Waals surface area contributed by atoms with E-state index in [4.69, 9.17) is 4.74 Å². The average Bonchev–Trinajstić information content (AvgIpc) is 2.80. The van der Waals surface area contributed by atoms with Crippen molar-refractivity contribution in [3.05, 3.63) is 47.4 Å². The Morgan fingerprint density at radius 3 is 2.67 bits per heavy atom. The van der Waals surface area contributed by atoms with Crippen molar-refractivity contribution in [1.82, 2.24) is 4.98 Å². The van der Waals surface area contributed by atoms with Gasteiger partial charge in [-0.2, -0.15) is 0 Å². The lowest BCUT2D eigenvalue weighted by Gasteiger charge is -2.14. The third-order valence-electron chi connectivity index (χ3n) is 4.22. The lowest BCUT2D eigenvalue weighted by atomic mass is 10.0. The molecule has 2 heterocycles. The number of aliphatic hydroxyl groups is 1. The summed E-state index contributed by atoms with van der Waals surface area (Å²) in [6.07, 6.45) is -4.14. The quantitative estimate of drug-likeness (QED) is 0.700. The van der Waals surface area contributed by atoms with Crippen LogP contribution in [-0.4, -0.2) is 43.9 Å². The number of Topliss-reactive ketones (excluding diaryl/α,β-unsaturated/α-hetero) is 1. The zero-order chi connectivity index (χ0) is 22.1. The number of hydrogen-bond donors (Lipinski definition) is 1. The van der Waals surface area contributed by atoms with Gasteiger partial charge >= 0.3 is 6.36 Å². The molecule has 0 unspecified atom stereocenters. The minimum Gasteiger partial charge on any atom is -0.477 e. The first kappa shape index (κ1) is 22.0. The van der Waals surface area contributed by atoms with Gasteiger partial charge in [-0.05, 0) is 29.8 Å². The Kier molecular flexibility index (Phi) is 5.99. The van der Waals surface area contributed by atoms with E-state index < -0.39 is 50.1 Å². The summed E-state index contributed by atoms with van der Waals surface area (Å²) in [6.45, 7) is -0.246. The van der Waals surface area contributed by atoms with E-state index in [1.807, 2.05) is 0 Å². The molecule has 0 amide bonds. The molecule has 0 radical (unpaired) electrons. The predicted molar refractivity (Wildman–Crippen MR) is 93.2 cm³/mol. The van der Waals surface area contributed by atoms with Crippen LogP contribution in [0.3, 0.4) is 0 Å². The van der Waals surface area contributed by atoms with Gasteiger partial charge in [0.05, 0.1) is 17.9 Å². The number of hydrogen-bond acceptors (Lipinski definition) is 7. The van der Waals surface area contributed by atoms with Crippen LogP contribution in [-0.2, 0) is 15.6 Å². The maximum Gasteiger partial charge on any atom is 0.573 e. The molecule has 0 aliphatic carbocycles. The van der Waals surface area contributed by atoms with Gasteiger partial charge in [0.2, 0.25) is 5.88 Å². The normalized spacial score (nSPS) is 17.1. The van der Waals surface area contributed by atoms with E-state index in [0.717, 1.165) is 6.20 Å². The fraction of sp³-hybridized carbons (Fsp3) is 0.333. The second-order valence-corrected chi connectivity index (χ2v) is 8.54. The van der Waals surface area contributed by atoms with Gasteiger partial charge in [0.25, 0.3) is 0 Å². The monoisotopic (exact) mass is 449 g/mol. The zero-order valence-corrected chi connectivity index (χ0v) is 16.0. The number of ether oxygens (including phenoxy) is 2. The van der Waals surface area contributed by atoms with Crippen LogP contribution in [0.2, 0.25) is 0 Å². The molecule has 0 saturated heterocycles. The number of benzene rings is 1. The molecule has 1 aliphatic heterocycles. The minimum absolute atomic E-state index is 0.00958. The summed E-state index contributed by atoms with van der Waals surface area (Å²) in [5, 5.41) is 9.22. The molecule has 1 aliphatic rings. The molecule has 2 aromatic rings. The Balaban J connectivity index is 1.94. The Morgan fingerprint density at radius 2 is 2.00 bits per heavy atom.